The van der Waals surface area contributed by atoms with Crippen LogP contribution in [-0.4, -0.2) is 43.5 Å². The number of rotatable bonds is 6. The number of fused-ring (bicyclic) bond motifs is 1. The van der Waals surface area contributed by atoms with Crippen LogP contribution in [0, 0.1) is 23.2 Å². The van der Waals surface area contributed by atoms with Crippen LogP contribution < -0.4 is 0 Å². The molecule has 0 atom stereocenters. The lowest BCUT2D eigenvalue weighted by Gasteiger charge is -2.35. The highest BCUT2D eigenvalue weighted by molar-refractivity contribution is 7.99. The maximum absolute atomic E-state index is 9.20. The van der Waals surface area contributed by atoms with E-state index in [1.165, 1.54) is 43.4 Å². The Morgan fingerprint density at radius 1 is 1.09 bits per heavy atom. The lowest BCUT2D eigenvalue weighted by atomic mass is 9.82. The molecular weight excluding hydrogens is 428 g/mol. The molecule has 1 saturated carbocycles. The second-order valence-corrected chi connectivity index (χ2v) is 10.4. The van der Waals surface area contributed by atoms with E-state index in [4.69, 9.17) is 0 Å². The monoisotopic (exact) mass is 458 g/mol. The average Bonchev–Trinajstić information content (AvgIpc) is 3.23. The van der Waals surface area contributed by atoms with E-state index in [9.17, 15) is 5.26 Å². The van der Waals surface area contributed by atoms with E-state index in [-0.39, 0.29) is 0 Å². The van der Waals surface area contributed by atoms with Crippen molar-refractivity contribution in [1.29, 1.82) is 5.26 Å². The van der Waals surface area contributed by atoms with Crippen molar-refractivity contribution in [2.24, 2.45) is 18.9 Å². The molecule has 3 aromatic rings. The molecule has 33 heavy (non-hydrogen) atoms. The number of nitrogens with zero attached hydrogens (tertiary/aromatic N) is 6. The van der Waals surface area contributed by atoms with Crippen LogP contribution in [0.2, 0.25) is 0 Å². The highest BCUT2D eigenvalue weighted by Gasteiger charge is 2.25. The van der Waals surface area contributed by atoms with E-state index in [1.54, 1.807) is 6.20 Å². The lowest BCUT2D eigenvalue weighted by Crippen LogP contribution is -2.36. The summed E-state index contributed by atoms with van der Waals surface area (Å²) in [5, 5.41) is 19.0. The summed E-state index contributed by atoms with van der Waals surface area (Å²) in [5.41, 5.74) is 4.55. The smallest absolute Gasteiger partial charge is 0.191 e. The van der Waals surface area contributed by atoms with Crippen molar-refractivity contribution in [1.82, 2.24) is 24.6 Å². The van der Waals surface area contributed by atoms with Gasteiger partial charge in [-0.2, -0.15) is 5.26 Å². The number of nitriles is 1. The molecule has 7 heteroatoms. The minimum absolute atomic E-state index is 0.755. The molecular formula is C26H30N6S. The molecule has 1 aromatic carbocycles. The van der Waals surface area contributed by atoms with E-state index in [0.717, 1.165) is 59.2 Å². The van der Waals surface area contributed by atoms with Crippen molar-refractivity contribution in [2.75, 3.05) is 18.8 Å². The van der Waals surface area contributed by atoms with E-state index in [1.807, 2.05) is 43.2 Å². The van der Waals surface area contributed by atoms with Crippen LogP contribution in [0.4, 0.5) is 0 Å². The highest BCUT2D eigenvalue weighted by atomic mass is 32.2. The minimum atomic E-state index is 0.755. The molecule has 1 aliphatic carbocycles. The van der Waals surface area contributed by atoms with E-state index >= 15 is 0 Å². The third kappa shape index (κ3) is 5.13. The van der Waals surface area contributed by atoms with Gasteiger partial charge in [-0.1, -0.05) is 17.8 Å². The van der Waals surface area contributed by atoms with Gasteiger partial charge >= 0.3 is 0 Å². The van der Waals surface area contributed by atoms with Gasteiger partial charge < -0.3 is 4.57 Å². The molecule has 2 aliphatic rings. The number of thioether (sulfide) groups is 1. The zero-order valence-electron chi connectivity index (χ0n) is 19.2. The van der Waals surface area contributed by atoms with Crippen LogP contribution in [0.5, 0.6) is 0 Å². The molecule has 0 radical (unpaired) electrons. The first kappa shape index (κ1) is 22.1. The maximum atomic E-state index is 9.20. The number of pyridine rings is 1. The summed E-state index contributed by atoms with van der Waals surface area (Å²) in [4.78, 5) is 6.79. The normalized spacial score (nSPS) is 20.8. The molecule has 0 saturated heterocycles. The van der Waals surface area contributed by atoms with Crippen molar-refractivity contribution in [3.8, 4) is 17.5 Å². The predicted octanol–water partition coefficient (Wildman–Crippen LogP) is 4.71. The molecule has 170 valence electrons. The van der Waals surface area contributed by atoms with Gasteiger partial charge in [-0.15, -0.1) is 10.2 Å². The second-order valence-electron chi connectivity index (χ2n) is 9.39. The summed E-state index contributed by atoms with van der Waals surface area (Å²) in [6.07, 6.45) is 9.94. The van der Waals surface area contributed by atoms with Crippen molar-refractivity contribution < 1.29 is 0 Å². The number of aromatic nitrogens is 4. The fraction of sp³-hybridized carbons (Fsp3) is 0.462. The predicted molar refractivity (Wildman–Crippen MR) is 131 cm³/mol. The quantitative estimate of drug-likeness (QED) is 0.499. The number of hydrogen-bond donors (Lipinski definition) is 0. The van der Waals surface area contributed by atoms with Crippen molar-refractivity contribution in [2.45, 2.75) is 43.8 Å². The SMILES string of the molecule is Cn1c(SCC2CCC(CN3CCc4ccc(C#N)cc4C3)CC2)nnc1-c1cccnc1. The van der Waals surface area contributed by atoms with Crippen LogP contribution in [0.25, 0.3) is 11.4 Å². The molecule has 2 aromatic heterocycles. The molecule has 0 N–H and O–H groups in total. The Morgan fingerprint density at radius 3 is 2.73 bits per heavy atom. The molecule has 5 rings (SSSR count). The van der Waals surface area contributed by atoms with Crippen LogP contribution in [0.15, 0.2) is 47.9 Å². The topological polar surface area (TPSA) is 70.6 Å². The van der Waals surface area contributed by atoms with E-state index < -0.39 is 0 Å². The van der Waals surface area contributed by atoms with E-state index in [2.05, 4.69) is 42.9 Å². The molecule has 0 bridgehead atoms. The van der Waals surface area contributed by atoms with Gasteiger partial charge in [0, 0.05) is 50.4 Å². The van der Waals surface area contributed by atoms with Crippen LogP contribution in [0.1, 0.15) is 42.4 Å². The Bertz CT molecular complexity index is 1130. The van der Waals surface area contributed by atoms with Gasteiger partial charge in [-0.25, -0.2) is 0 Å². The Morgan fingerprint density at radius 2 is 1.94 bits per heavy atom. The molecule has 0 amide bonds. The zero-order valence-corrected chi connectivity index (χ0v) is 20.0. The minimum Gasteiger partial charge on any atom is -0.305 e. The fourth-order valence-corrected chi connectivity index (χ4v) is 6.26. The molecule has 3 heterocycles. The van der Waals surface area contributed by atoms with Gasteiger partial charge in [0.15, 0.2) is 11.0 Å². The first-order valence-electron chi connectivity index (χ1n) is 11.9. The van der Waals surface area contributed by atoms with Crippen molar-refractivity contribution in [3.05, 3.63) is 59.4 Å². The van der Waals surface area contributed by atoms with Gasteiger partial charge in [0.05, 0.1) is 11.6 Å². The van der Waals surface area contributed by atoms with Gasteiger partial charge in [-0.3, -0.25) is 9.88 Å². The Hall–Kier alpha value is -2.69. The van der Waals surface area contributed by atoms with Crippen molar-refractivity contribution >= 4 is 11.8 Å². The second kappa shape index (κ2) is 10.1. The molecule has 1 fully saturated rings. The van der Waals surface area contributed by atoms with Crippen LogP contribution in [0.3, 0.4) is 0 Å². The molecule has 6 nitrogen and oxygen atoms in total. The third-order valence-corrected chi connectivity index (χ3v) is 8.36. The van der Waals surface area contributed by atoms with Gasteiger partial charge in [0.1, 0.15) is 0 Å². The Labute approximate surface area is 200 Å². The van der Waals surface area contributed by atoms with Crippen molar-refractivity contribution in [3.63, 3.8) is 0 Å². The Kier molecular flexibility index (Phi) is 6.75. The van der Waals surface area contributed by atoms with Crippen LogP contribution in [-0.2, 0) is 20.0 Å². The first-order chi connectivity index (χ1) is 16.2. The molecule has 0 spiro atoms. The third-order valence-electron chi connectivity index (χ3n) is 7.11. The van der Waals surface area contributed by atoms with Crippen LogP contribution >= 0.6 is 11.8 Å². The zero-order chi connectivity index (χ0) is 22.6. The molecule has 1 aliphatic heterocycles. The summed E-state index contributed by atoms with van der Waals surface area (Å²) >= 11 is 1.83. The summed E-state index contributed by atoms with van der Waals surface area (Å²) < 4.78 is 2.08. The summed E-state index contributed by atoms with van der Waals surface area (Å²) in [5.74, 6) is 3.53. The van der Waals surface area contributed by atoms with E-state index in [0.29, 0.717) is 0 Å². The average molecular weight is 459 g/mol. The number of hydrogen-bond acceptors (Lipinski definition) is 6. The summed E-state index contributed by atoms with van der Waals surface area (Å²) in [6, 6.07) is 12.4. The standard InChI is InChI=1S/C26H30N6S/c1-31-25(23-3-2-11-28-15-23)29-30-26(31)33-18-20-6-4-19(5-7-20)16-32-12-10-22-9-8-21(14-27)13-24(22)17-32/h2-3,8-9,11,13,15,19-20H,4-7,10,12,16-18H2,1H3. The first-order valence-corrected chi connectivity index (χ1v) is 12.8. The Balaban J connectivity index is 1.09. The highest BCUT2D eigenvalue weighted by Crippen LogP contribution is 2.34. The maximum Gasteiger partial charge on any atom is 0.191 e. The molecule has 0 unspecified atom stereocenters. The summed E-state index contributed by atoms with van der Waals surface area (Å²) in [6.45, 7) is 3.32. The fourth-order valence-electron chi connectivity index (χ4n) is 5.17. The lowest BCUT2D eigenvalue weighted by molar-refractivity contribution is 0.173. The van der Waals surface area contributed by atoms with Gasteiger partial charge in [0.2, 0.25) is 0 Å². The van der Waals surface area contributed by atoms with Gasteiger partial charge in [0.25, 0.3) is 0 Å². The van der Waals surface area contributed by atoms with Gasteiger partial charge in [-0.05, 0) is 79.3 Å². The largest absolute Gasteiger partial charge is 0.305 e. The summed E-state index contributed by atoms with van der Waals surface area (Å²) in [7, 11) is 2.04. The number of benzene rings is 1.